The van der Waals surface area contributed by atoms with Crippen LogP contribution >= 0.6 is 0 Å². The van der Waals surface area contributed by atoms with Gasteiger partial charge in [-0.1, -0.05) is 13.3 Å². The molecule has 1 fully saturated rings. The minimum absolute atomic E-state index is 0.0147. The fraction of sp³-hybridized carbons (Fsp3) is 0.833. The largest absolute Gasteiger partial charge is 0.353 e. The molecule has 0 radical (unpaired) electrons. The van der Waals surface area contributed by atoms with E-state index in [0.29, 0.717) is 45.2 Å². The third kappa shape index (κ3) is 5.04. The van der Waals surface area contributed by atoms with Gasteiger partial charge in [0, 0.05) is 44.8 Å². The van der Waals surface area contributed by atoms with Crippen LogP contribution in [-0.4, -0.2) is 48.7 Å². The standard InChI is InChI=1S/C18H30N4O3S/c1-5-7-10-18(20-21-18)11-8-17(23)19-16-9-12-22(13-15(16)6-2)26(24,25)14(3)4/h1,14-16H,6-13H2,2-4H3,(H,19,23). The molecule has 2 heterocycles. The van der Waals surface area contributed by atoms with Crippen LogP contribution in [0.1, 0.15) is 59.3 Å². The maximum absolute atomic E-state index is 12.4. The minimum Gasteiger partial charge on any atom is -0.353 e. The lowest BCUT2D eigenvalue weighted by atomic mass is 9.91. The van der Waals surface area contributed by atoms with Crippen LogP contribution in [0.25, 0.3) is 0 Å². The molecular weight excluding hydrogens is 352 g/mol. The highest BCUT2D eigenvalue weighted by molar-refractivity contribution is 7.89. The van der Waals surface area contributed by atoms with E-state index in [1.807, 2.05) is 6.92 Å². The predicted molar refractivity (Wildman–Crippen MR) is 101 cm³/mol. The number of piperidine rings is 1. The minimum atomic E-state index is -3.25. The quantitative estimate of drug-likeness (QED) is 0.620. The Kier molecular flexibility index (Phi) is 6.80. The molecule has 1 N–H and O–H groups in total. The van der Waals surface area contributed by atoms with Crippen molar-refractivity contribution in [1.82, 2.24) is 9.62 Å². The van der Waals surface area contributed by atoms with E-state index in [4.69, 9.17) is 6.42 Å². The normalized spacial score (nSPS) is 25.0. The Morgan fingerprint density at radius 3 is 2.62 bits per heavy atom. The van der Waals surface area contributed by atoms with Crippen molar-refractivity contribution in [3.63, 3.8) is 0 Å². The van der Waals surface area contributed by atoms with Gasteiger partial charge >= 0.3 is 0 Å². The molecule has 0 saturated carbocycles. The lowest BCUT2D eigenvalue weighted by molar-refractivity contribution is -0.122. The molecule has 26 heavy (non-hydrogen) atoms. The number of hydrogen-bond acceptors (Lipinski definition) is 5. The van der Waals surface area contributed by atoms with E-state index >= 15 is 0 Å². The number of rotatable bonds is 9. The number of terminal acetylenes is 1. The summed E-state index contributed by atoms with van der Waals surface area (Å²) in [5.41, 5.74) is -0.442. The molecule has 0 spiro atoms. The lowest BCUT2D eigenvalue weighted by Gasteiger charge is -2.38. The smallest absolute Gasteiger partial charge is 0.220 e. The van der Waals surface area contributed by atoms with Crippen LogP contribution in [0.2, 0.25) is 0 Å². The number of nitrogens with one attached hydrogen (secondary N) is 1. The Bertz CT molecular complexity index is 675. The van der Waals surface area contributed by atoms with Crippen molar-refractivity contribution >= 4 is 15.9 Å². The van der Waals surface area contributed by atoms with E-state index in [1.165, 1.54) is 0 Å². The first kappa shape index (κ1) is 20.8. The Morgan fingerprint density at radius 2 is 2.08 bits per heavy atom. The van der Waals surface area contributed by atoms with Crippen LogP contribution in [0.15, 0.2) is 10.2 Å². The molecule has 0 aromatic rings. The van der Waals surface area contributed by atoms with Crippen LogP contribution in [0.4, 0.5) is 0 Å². The zero-order chi connectivity index (χ0) is 19.4. The van der Waals surface area contributed by atoms with E-state index in [0.717, 1.165) is 6.42 Å². The first-order valence-corrected chi connectivity index (χ1v) is 10.9. The molecule has 2 atom stereocenters. The molecule has 2 aliphatic rings. The molecule has 1 saturated heterocycles. The van der Waals surface area contributed by atoms with Crippen molar-refractivity contribution in [3.8, 4) is 12.3 Å². The molecule has 2 rings (SSSR count). The van der Waals surface area contributed by atoms with Gasteiger partial charge in [0.05, 0.1) is 5.25 Å². The summed E-state index contributed by atoms with van der Waals surface area (Å²) in [6.07, 6.45) is 8.99. The van der Waals surface area contributed by atoms with Crippen molar-refractivity contribution in [1.29, 1.82) is 0 Å². The van der Waals surface area contributed by atoms with Gasteiger partial charge < -0.3 is 5.32 Å². The topological polar surface area (TPSA) is 91.2 Å². The van der Waals surface area contributed by atoms with Crippen molar-refractivity contribution in [2.45, 2.75) is 76.3 Å². The molecular formula is C18H30N4O3S. The third-order valence-electron chi connectivity index (χ3n) is 5.33. The maximum atomic E-state index is 12.4. The van der Waals surface area contributed by atoms with Crippen LogP contribution in [0.5, 0.6) is 0 Å². The number of amides is 1. The average molecular weight is 383 g/mol. The average Bonchev–Trinajstić information content (AvgIpc) is 3.38. The lowest BCUT2D eigenvalue weighted by Crippen LogP contribution is -2.53. The van der Waals surface area contributed by atoms with Crippen LogP contribution in [0.3, 0.4) is 0 Å². The van der Waals surface area contributed by atoms with Gasteiger partial charge in [-0.25, -0.2) is 12.7 Å². The third-order valence-corrected chi connectivity index (χ3v) is 7.57. The summed E-state index contributed by atoms with van der Waals surface area (Å²) in [4.78, 5) is 12.3. The Hall–Kier alpha value is -1.46. The summed E-state index contributed by atoms with van der Waals surface area (Å²) in [6.45, 7) is 6.37. The second-order valence-electron chi connectivity index (χ2n) is 7.47. The summed E-state index contributed by atoms with van der Waals surface area (Å²) in [5, 5.41) is 10.8. The molecule has 0 bridgehead atoms. The van der Waals surface area contributed by atoms with Gasteiger partial charge in [-0.3, -0.25) is 4.79 Å². The molecule has 2 aliphatic heterocycles. The number of hydrogen-bond donors (Lipinski definition) is 1. The summed E-state index contributed by atoms with van der Waals surface area (Å²) in [5.74, 6) is 2.69. The first-order chi connectivity index (χ1) is 12.2. The summed E-state index contributed by atoms with van der Waals surface area (Å²) >= 11 is 0. The van der Waals surface area contributed by atoms with Gasteiger partial charge in [0.25, 0.3) is 0 Å². The van der Waals surface area contributed by atoms with Gasteiger partial charge in [-0.2, -0.15) is 10.2 Å². The second kappa shape index (κ2) is 8.49. The van der Waals surface area contributed by atoms with Crippen LogP contribution < -0.4 is 5.32 Å². The maximum Gasteiger partial charge on any atom is 0.220 e. The number of carbonyl (C=O) groups excluding carboxylic acids is 1. The van der Waals surface area contributed by atoms with E-state index in [2.05, 4.69) is 21.5 Å². The monoisotopic (exact) mass is 382 g/mol. The molecule has 8 heteroatoms. The Morgan fingerprint density at radius 1 is 1.38 bits per heavy atom. The second-order valence-corrected chi connectivity index (χ2v) is 9.96. The van der Waals surface area contributed by atoms with E-state index in [-0.39, 0.29) is 17.9 Å². The molecule has 7 nitrogen and oxygen atoms in total. The highest BCUT2D eigenvalue weighted by Crippen LogP contribution is 2.37. The van der Waals surface area contributed by atoms with Crippen molar-refractivity contribution in [2.24, 2.45) is 16.1 Å². The molecule has 0 aliphatic carbocycles. The highest BCUT2D eigenvalue weighted by atomic mass is 32.2. The zero-order valence-electron chi connectivity index (χ0n) is 15.9. The fourth-order valence-corrected chi connectivity index (χ4v) is 4.75. The molecule has 2 unspecified atom stereocenters. The predicted octanol–water partition coefficient (Wildman–Crippen LogP) is 2.30. The first-order valence-electron chi connectivity index (χ1n) is 9.40. The number of sulfonamides is 1. The summed E-state index contributed by atoms with van der Waals surface area (Å²) in [7, 11) is -3.25. The summed E-state index contributed by atoms with van der Waals surface area (Å²) in [6, 6.07) is 0.0147. The summed E-state index contributed by atoms with van der Waals surface area (Å²) < 4.78 is 26.3. The fourth-order valence-electron chi connectivity index (χ4n) is 3.39. The van der Waals surface area contributed by atoms with Gasteiger partial charge in [-0.15, -0.1) is 12.3 Å². The Labute approximate surface area is 157 Å². The molecule has 146 valence electrons. The zero-order valence-corrected chi connectivity index (χ0v) is 16.8. The van der Waals surface area contributed by atoms with Gasteiger partial charge in [-0.05, 0) is 26.2 Å². The Balaban J connectivity index is 1.84. The van der Waals surface area contributed by atoms with E-state index in [1.54, 1.807) is 18.2 Å². The van der Waals surface area contributed by atoms with Crippen molar-refractivity contribution < 1.29 is 13.2 Å². The number of nitrogens with zero attached hydrogens (tertiary/aromatic N) is 3. The van der Waals surface area contributed by atoms with Gasteiger partial charge in [0.2, 0.25) is 15.9 Å². The highest BCUT2D eigenvalue weighted by Gasteiger charge is 2.40. The SMILES string of the molecule is C#CCCC1(CCC(=O)NC2CCN(S(=O)(=O)C(C)C)CC2CC)N=N1. The van der Waals surface area contributed by atoms with E-state index < -0.39 is 20.9 Å². The molecule has 0 aromatic heterocycles. The van der Waals surface area contributed by atoms with Gasteiger partial charge in [0.1, 0.15) is 0 Å². The van der Waals surface area contributed by atoms with Gasteiger partial charge in [0.15, 0.2) is 5.66 Å². The number of carbonyl (C=O) groups is 1. The van der Waals surface area contributed by atoms with E-state index in [9.17, 15) is 13.2 Å². The van der Waals surface area contributed by atoms with Crippen LogP contribution in [-0.2, 0) is 14.8 Å². The van der Waals surface area contributed by atoms with Crippen molar-refractivity contribution in [3.05, 3.63) is 0 Å². The molecule has 0 aromatic carbocycles. The molecule has 1 amide bonds. The van der Waals surface area contributed by atoms with Crippen molar-refractivity contribution in [2.75, 3.05) is 13.1 Å². The van der Waals surface area contributed by atoms with Crippen LogP contribution in [0, 0.1) is 18.3 Å².